The molecule has 2 aromatic rings. The molecular weight excluding hydrogens is 456 g/mol. The van der Waals surface area contributed by atoms with Crippen molar-refractivity contribution in [3.63, 3.8) is 0 Å². The lowest BCUT2D eigenvalue weighted by Crippen LogP contribution is -2.57. The summed E-state index contributed by atoms with van der Waals surface area (Å²) in [7, 11) is 0. The summed E-state index contributed by atoms with van der Waals surface area (Å²) in [5.74, 6) is 0.871. The van der Waals surface area contributed by atoms with E-state index >= 15 is 0 Å². The maximum Gasteiger partial charge on any atom is 0.312 e. The van der Waals surface area contributed by atoms with Gasteiger partial charge in [0.15, 0.2) is 12.4 Å². The molecule has 5 aliphatic rings. The Morgan fingerprint density at radius 2 is 1.61 bits per heavy atom. The van der Waals surface area contributed by atoms with E-state index in [9.17, 15) is 14.4 Å². The van der Waals surface area contributed by atoms with Crippen molar-refractivity contribution in [2.75, 3.05) is 32.8 Å². The number of benzene rings is 1. The number of aryl methyl sites for hydroxylation is 1. The highest BCUT2D eigenvalue weighted by Crippen LogP contribution is 2.66. The van der Waals surface area contributed by atoms with E-state index in [4.69, 9.17) is 9.15 Å². The lowest BCUT2D eigenvalue weighted by molar-refractivity contribution is -0.177. The molecule has 2 atom stereocenters. The number of amides is 2. The monoisotopic (exact) mass is 490 g/mol. The molecule has 0 spiro atoms. The lowest BCUT2D eigenvalue weighted by atomic mass is 9.43. The van der Waals surface area contributed by atoms with Crippen LogP contribution in [0.4, 0.5) is 0 Å². The highest BCUT2D eigenvalue weighted by Gasteiger charge is 2.61. The van der Waals surface area contributed by atoms with Crippen LogP contribution in [0.3, 0.4) is 0 Å². The third kappa shape index (κ3) is 4.02. The van der Waals surface area contributed by atoms with E-state index in [1.807, 2.05) is 0 Å². The first kappa shape index (κ1) is 23.3. The van der Waals surface area contributed by atoms with Crippen molar-refractivity contribution < 1.29 is 23.5 Å². The molecule has 7 rings (SSSR count). The standard InChI is InChI=1S/C29H34N2O5/c1-20-4-6-23(7-5-20)28-14-21-13-22(15-28)17-29(16-21,19-28)27(34)36-18-25(32)30-8-10-31(11-9-30)26(33)24-3-2-12-35-24/h2-7,12,21-22H,8-11,13-19H2,1H3. The van der Waals surface area contributed by atoms with Crippen LogP contribution in [0.15, 0.2) is 47.1 Å². The van der Waals surface area contributed by atoms with Gasteiger partial charge >= 0.3 is 5.97 Å². The largest absolute Gasteiger partial charge is 0.459 e. The second kappa shape index (κ2) is 8.79. The Labute approximate surface area is 211 Å². The van der Waals surface area contributed by atoms with Crippen molar-refractivity contribution in [1.29, 1.82) is 0 Å². The topological polar surface area (TPSA) is 80.1 Å². The highest BCUT2D eigenvalue weighted by molar-refractivity contribution is 5.91. The minimum Gasteiger partial charge on any atom is -0.459 e. The van der Waals surface area contributed by atoms with Gasteiger partial charge in [-0.15, -0.1) is 0 Å². The Morgan fingerprint density at radius 1 is 0.944 bits per heavy atom. The van der Waals surface area contributed by atoms with Gasteiger partial charge in [-0.05, 0) is 80.4 Å². The van der Waals surface area contributed by atoms with Crippen LogP contribution in [-0.2, 0) is 19.7 Å². The smallest absolute Gasteiger partial charge is 0.312 e. The molecule has 1 saturated heterocycles. The minimum atomic E-state index is -0.469. The van der Waals surface area contributed by atoms with E-state index in [1.54, 1.807) is 21.9 Å². The SMILES string of the molecule is Cc1ccc(C23CC4CC(CC(C(=O)OCC(=O)N5CCN(C(=O)c6ccco6)CC5)(C4)C2)C3)cc1. The Bertz CT molecular complexity index is 1130. The molecule has 7 heteroatoms. The quantitative estimate of drug-likeness (QED) is 0.593. The number of hydrogen-bond donors (Lipinski definition) is 0. The summed E-state index contributed by atoms with van der Waals surface area (Å²) in [6.07, 6.45) is 7.60. The molecule has 2 unspecified atom stereocenters. The van der Waals surface area contributed by atoms with Gasteiger partial charge in [0.2, 0.25) is 0 Å². The number of hydrogen-bond acceptors (Lipinski definition) is 5. The molecule has 0 N–H and O–H groups in total. The van der Waals surface area contributed by atoms with Crippen LogP contribution in [0.2, 0.25) is 0 Å². The van der Waals surface area contributed by atoms with Gasteiger partial charge in [0.25, 0.3) is 11.8 Å². The Morgan fingerprint density at radius 3 is 2.25 bits per heavy atom. The lowest BCUT2D eigenvalue weighted by Gasteiger charge is -2.61. The van der Waals surface area contributed by atoms with Gasteiger partial charge < -0.3 is 19.0 Å². The minimum absolute atomic E-state index is 0.0532. The summed E-state index contributed by atoms with van der Waals surface area (Å²) < 4.78 is 10.9. The average molecular weight is 491 g/mol. The first-order chi connectivity index (χ1) is 17.4. The number of nitrogens with zero attached hydrogens (tertiary/aromatic N) is 2. The fourth-order valence-electron chi connectivity index (χ4n) is 7.83. The van der Waals surface area contributed by atoms with Crippen molar-refractivity contribution >= 4 is 17.8 Å². The summed E-state index contributed by atoms with van der Waals surface area (Å²) in [6, 6.07) is 12.2. The Kier molecular flexibility index (Phi) is 5.69. The van der Waals surface area contributed by atoms with Gasteiger partial charge in [0.05, 0.1) is 11.7 Å². The van der Waals surface area contributed by atoms with Gasteiger partial charge in [0.1, 0.15) is 0 Å². The van der Waals surface area contributed by atoms with Gasteiger partial charge in [-0.25, -0.2) is 0 Å². The van der Waals surface area contributed by atoms with Crippen LogP contribution >= 0.6 is 0 Å². The maximum absolute atomic E-state index is 13.5. The number of esters is 1. The molecule has 36 heavy (non-hydrogen) atoms. The zero-order valence-electron chi connectivity index (χ0n) is 20.9. The zero-order chi connectivity index (χ0) is 24.9. The molecule has 190 valence electrons. The van der Waals surface area contributed by atoms with Gasteiger partial charge in [-0.3, -0.25) is 14.4 Å². The maximum atomic E-state index is 13.5. The molecule has 4 saturated carbocycles. The first-order valence-electron chi connectivity index (χ1n) is 13.2. The van der Waals surface area contributed by atoms with Crippen LogP contribution in [0.25, 0.3) is 0 Å². The van der Waals surface area contributed by atoms with E-state index in [-0.39, 0.29) is 29.8 Å². The molecule has 2 heterocycles. The summed E-state index contributed by atoms with van der Waals surface area (Å²) in [4.78, 5) is 42.2. The van der Waals surface area contributed by atoms with Crippen molar-refractivity contribution in [1.82, 2.24) is 9.80 Å². The molecule has 7 nitrogen and oxygen atoms in total. The highest BCUT2D eigenvalue weighted by atomic mass is 16.5. The molecule has 1 aromatic carbocycles. The van der Waals surface area contributed by atoms with Gasteiger partial charge in [-0.1, -0.05) is 29.8 Å². The number of furan rings is 1. The van der Waals surface area contributed by atoms with E-state index in [2.05, 4.69) is 31.2 Å². The van der Waals surface area contributed by atoms with E-state index in [1.165, 1.54) is 23.8 Å². The van der Waals surface area contributed by atoms with Crippen molar-refractivity contribution in [2.24, 2.45) is 17.3 Å². The van der Waals surface area contributed by atoms with E-state index in [0.717, 1.165) is 32.1 Å². The van der Waals surface area contributed by atoms with Crippen molar-refractivity contribution in [3.05, 3.63) is 59.5 Å². The Balaban J connectivity index is 1.07. The second-order valence-corrected chi connectivity index (χ2v) is 11.6. The fourth-order valence-corrected chi connectivity index (χ4v) is 7.83. The fraction of sp³-hybridized carbons (Fsp3) is 0.552. The third-order valence-corrected chi connectivity index (χ3v) is 9.14. The molecule has 4 bridgehead atoms. The van der Waals surface area contributed by atoms with Crippen molar-refractivity contribution in [3.8, 4) is 0 Å². The van der Waals surface area contributed by atoms with Crippen molar-refractivity contribution in [2.45, 2.75) is 50.9 Å². The molecule has 0 radical (unpaired) electrons. The van der Waals surface area contributed by atoms with Crippen LogP contribution in [0, 0.1) is 24.2 Å². The summed E-state index contributed by atoms with van der Waals surface area (Å²) in [5, 5.41) is 0. The molecule has 2 amide bonds. The number of ether oxygens (including phenoxy) is 1. The van der Waals surface area contributed by atoms with E-state index < -0.39 is 5.41 Å². The molecule has 5 fully saturated rings. The number of carbonyl (C=O) groups is 3. The molecule has 1 aliphatic heterocycles. The molecule has 1 aromatic heterocycles. The van der Waals surface area contributed by atoms with Gasteiger partial charge in [0, 0.05) is 26.2 Å². The molecular formula is C29H34N2O5. The Hall–Kier alpha value is -3.09. The summed E-state index contributed by atoms with van der Waals surface area (Å²) in [5.41, 5.74) is 2.20. The van der Waals surface area contributed by atoms with Gasteiger partial charge in [-0.2, -0.15) is 0 Å². The van der Waals surface area contributed by atoms with Crippen LogP contribution in [0.5, 0.6) is 0 Å². The summed E-state index contributed by atoms with van der Waals surface area (Å²) in [6.45, 7) is 3.61. The van der Waals surface area contributed by atoms with Crippen LogP contribution in [-0.4, -0.2) is 60.4 Å². The summed E-state index contributed by atoms with van der Waals surface area (Å²) >= 11 is 0. The van der Waals surface area contributed by atoms with Crippen LogP contribution in [0.1, 0.15) is 60.2 Å². The second-order valence-electron chi connectivity index (χ2n) is 11.6. The van der Waals surface area contributed by atoms with Crippen LogP contribution < -0.4 is 0 Å². The predicted octanol–water partition coefficient (Wildman–Crippen LogP) is 3.95. The first-order valence-corrected chi connectivity index (χ1v) is 13.2. The van der Waals surface area contributed by atoms with E-state index in [0.29, 0.717) is 43.8 Å². The third-order valence-electron chi connectivity index (χ3n) is 9.14. The predicted molar refractivity (Wildman–Crippen MR) is 132 cm³/mol. The number of piperazine rings is 1. The number of carbonyl (C=O) groups excluding carboxylic acids is 3. The average Bonchev–Trinajstić information content (AvgIpc) is 3.41. The number of rotatable bonds is 5. The normalized spacial score (nSPS) is 30.9. The molecule has 4 aliphatic carbocycles. The zero-order valence-corrected chi connectivity index (χ0v) is 20.9.